The van der Waals surface area contributed by atoms with Gasteiger partial charge in [-0.25, -0.2) is 0 Å². The molecule has 24 heavy (non-hydrogen) atoms. The molecular weight excluding hydrogens is 304 g/mol. The SMILES string of the molecule is O=C(C=Cc1ccc(O)c(O)c1)NCCc1c[nH]c2ccccc12. The molecule has 0 saturated carbocycles. The van der Waals surface area contributed by atoms with Gasteiger partial charge in [-0.3, -0.25) is 4.79 Å². The van der Waals surface area contributed by atoms with Crippen molar-refractivity contribution in [3.8, 4) is 11.5 Å². The molecule has 5 heteroatoms. The second-order valence-electron chi connectivity index (χ2n) is 5.48. The Morgan fingerprint density at radius 1 is 1.12 bits per heavy atom. The highest BCUT2D eigenvalue weighted by atomic mass is 16.3. The van der Waals surface area contributed by atoms with Crippen molar-refractivity contribution in [3.05, 3.63) is 65.9 Å². The van der Waals surface area contributed by atoms with Gasteiger partial charge in [-0.1, -0.05) is 24.3 Å². The molecule has 0 aliphatic rings. The summed E-state index contributed by atoms with van der Waals surface area (Å²) in [4.78, 5) is 15.1. The first-order valence-corrected chi connectivity index (χ1v) is 7.66. The lowest BCUT2D eigenvalue weighted by Gasteiger charge is -2.02. The predicted molar refractivity (Wildman–Crippen MR) is 93.8 cm³/mol. The third-order valence-electron chi connectivity index (χ3n) is 3.80. The van der Waals surface area contributed by atoms with Crippen LogP contribution in [0.4, 0.5) is 0 Å². The Balaban J connectivity index is 1.54. The molecule has 0 bridgehead atoms. The second kappa shape index (κ2) is 6.91. The van der Waals surface area contributed by atoms with Crippen molar-refractivity contribution < 1.29 is 15.0 Å². The van der Waals surface area contributed by atoms with Gasteiger partial charge in [-0.2, -0.15) is 0 Å². The molecule has 0 fully saturated rings. The quantitative estimate of drug-likeness (QED) is 0.430. The van der Waals surface area contributed by atoms with Crippen LogP contribution in [0, 0.1) is 0 Å². The van der Waals surface area contributed by atoms with E-state index in [9.17, 15) is 15.0 Å². The van der Waals surface area contributed by atoms with Crippen molar-refractivity contribution in [2.45, 2.75) is 6.42 Å². The molecule has 0 unspecified atom stereocenters. The van der Waals surface area contributed by atoms with E-state index in [1.165, 1.54) is 29.2 Å². The van der Waals surface area contributed by atoms with Crippen LogP contribution in [0.15, 0.2) is 54.7 Å². The Labute approximate surface area is 139 Å². The molecule has 5 nitrogen and oxygen atoms in total. The topological polar surface area (TPSA) is 85.3 Å². The molecule has 0 saturated heterocycles. The van der Waals surface area contributed by atoms with Gasteiger partial charge in [-0.05, 0) is 41.8 Å². The van der Waals surface area contributed by atoms with Crippen molar-refractivity contribution in [2.75, 3.05) is 6.54 Å². The highest BCUT2D eigenvalue weighted by molar-refractivity contribution is 5.91. The largest absolute Gasteiger partial charge is 0.504 e. The number of amides is 1. The van der Waals surface area contributed by atoms with Crippen LogP contribution in [0.2, 0.25) is 0 Å². The number of phenols is 2. The van der Waals surface area contributed by atoms with E-state index in [1.54, 1.807) is 12.1 Å². The smallest absolute Gasteiger partial charge is 0.244 e. The summed E-state index contributed by atoms with van der Waals surface area (Å²) in [7, 11) is 0. The number of benzene rings is 2. The van der Waals surface area contributed by atoms with E-state index in [1.807, 2.05) is 24.4 Å². The normalized spacial score (nSPS) is 11.2. The standard InChI is InChI=1S/C19H18N2O3/c22-17-7-5-13(11-18(17)23)6-8-19(24)20-10-9-14-12-21-16-4-2-1-3-15(14)16/h1-8,11-12,21-23H,9-10H2,(H,20,24). The summed E-state index contributed by atoms with van der Waals surface area (Å²) < 4.78 is 0. The van der Waals surface area contributed by atoms with E-state index in [4.69, 9.17) is 0 Å². The lowest BCUT2D eigenvalue weighted by Crippen LogP contribution is -2.23. The molecule has 0 aliphatic carbocycles. The summed E-state index contributed by atoms with van der Waals surface area (Å²) in [5.41, 5.74) is 2.89. The zero-order chi connectivity index (χ0) is 16.9. The lowest BCUT2D eigenvalue weighted by molar-refractivity contribution is -0.116. The molecule has 0 atom stereocenters. The average Bonchev–Trinajstić information content (AvgIpc) is 2.99. The van der Waals surface area contributed by atoms with Crippen LogP contribution in [0.5, 0.6) is 11.5 Å². The Morgan fingerprint density at radius 3 is 2.79 bits per heavy atom. The first kappa shape index (κ1) is 15.7. The Morgan fingerprint density at radius 2 is 1.96 bits per heavy atom. The number of aromatic amines is 1. The van der Waals surface area contributed by atoms with E-state index in [2.05, 4.69) is 16.4 Å². The number of rotatable bonds is 5. The third-order valence-corrected chi connectivity index (χ3v) is 3.80. The molecule has 0 aliphatic heterocycles. The fourth-order valence-corrected chi connectivity index (χ4v) is 2.53. The minimum atomic E-state index is -0.211. The number of aromatic nitrogens is 1. The van der Waals surface area contributed by atoms with E-state index in [0.29, 0.717) is 12.1 Å². The minimum absolute atomic E-state index is 0.185. The number of nitrogens with one attached hydrogen (secondary N) is 2. The number of hydrogen-bond donors (Lipinski definition) is 4. The van der Waals surface area contributed by atoms with Gasteiger partial charge in [0.15, 0.2) is 11.5 Å². The molecule has 0 spiro atoms. The van der Waals surface area contributed by atoms with Gasteiger partial charge >= 0.3 is 0 Å². The number of hydrogen-bond acceptors (Lipinski definition) is 3. The summed E-state index contributed by atoms with van der Waals surface area (Å²) in [6.07, 6.45) is 5.69. The predicted octanol–water partition coefficient (Wildman–Crippen LogP) is 2.95. The van der Waals surface area contributed by atoms with Gasteiger partial charge in [0.25, 0.3) is 0 Å². The number of aromatic hydroxyl groups is 2. The fourth-order valence-electron chi connectivity index (χ4n) is 2.53. The number of phenolic OH excluding ortho intramolecular Hbond substituents is 2. The molecule has 1 amide bonds. The van der Waals surface area contributed by atoms with Crippen molar-refractivity contribution in [1.29, 1.82) is 0 Å². The van der Waals surface area contributed by atoms with Crippen LogP contribution in [-0.4, -0.2) is 27.6 Å². The third kappa shape index (κ3) is 3.57. The van der Waals surface area contributed by atoms with Crippen LogP contribution < -0.4 is 5.32 Å². The van der Waals surface area contributed by atoms with Crippen molar-refractivity contribution in [2.24, 2.45) is 0 Å². The van der Waals surface area contributed by atoms with Gasteiger partial charge in [0, 0.05) is 29.7 Å². The Kier molecular flexibility index (Phi) is 4.52. The van der Waals surface area contributed by atoms with Crippen molar-refractivity contribution in [3.63, 3.8) is 0 Å². The summed E-state index contributed by atoms with van der Waals surface area (Å²) in [6, 6.07) is 12.4. The number of para-hydroxylation sites is 1. The lowest BCUT2D eigenvalue weighted by atomic mass is 10.1. The minimum Gasteiger partial charge on any atom is -0.504 e. The molecule has 122 valence electrons. The van der Waals surface area contributed by atoms with E-state index >= 15 is 0 Å². The van der Waals surface area contributed by atoms with E-state index in [0.717, 1.165) is 11.9 Å². The first-order valence-electron chi connectivity index (χ1n) is 7.66. The number of carbonyl (C=O) groups is 1. The van der Waals surface area contributed by atoms with E-state index in [-0.39, 0.29) is 17.4 Å². The van der Waals surface area contributed by atoms with Crippen molar-refractivity contribution in [1.82, 2.24) is 10.3 Å². The molecule has 1 aromatic heterocycles. The molecule has 2 aromatic carbocycles. The highest BCUT2D eigenvalue weighted by Gasteiger charge is 2.03. The molecule has 0 radical (unpaired) electrons. The highest BCUT2D eigenvalue weighted by Crippen LogP contribution is 2.25. The summed E-state index contributed by atoms with van der Waals surface area (Å²) >= 11 is 0. The summed E-state index contributed by atoms with van der Waals surface area (Å²) in [5.74, 6) is -0.602. The van der Waals surface area contributed by atoms with Gasteiger partial charge in [0.2, 0.25) is 5.91 Å². The van der Waals surface area contributed by atoms with Gasteiger partial charge < -0.3 is 20.5 Å². The van der Waals surface area contributed by atoms with Crippen LogP contribution in [0.3, 0.4) is 0 Å². The second-order valence-corrected chi connectivity index (χ2v) is 5.48. The number of H-pyrrole nitrogens is 1. The summed E-state index contributed by atoms with van der Waals surface area (Å²) in [5, 5.41) is 22.7. The zero-order valence-corrected chi connectivity index (χ0v) is 13.0. The zero-order valence-electron chi connectivity index (χ0n) is 13.0. The van der Waals surface area contributed by atoms with Crippen LogP contribution >= 0.6 is 0 Å². The monoisotopic (exact) mass is 322 g/mol. The molecule has 1 heterocycles. The maximum atomic E-state index is 11.8. The van der Waals surface area contributed by atoms with Crippen LogP contribution in [-0.2, 0) is 11.2 Å². The number of carbonyl (C=O) groups excluding carboxylic acids is 1. The Bertz CT molecular complexity index is 897. The van der Waals surface area contributed by atoms with Crippen LogP contribution in [0.25, 0.3) is 17.0 Å². The molecule has 3 aromatic rings. The molecule has 3 rings (SSSR count). The van der Waals surface area contributed by atoms with Crippen molar-refractivity contribution >= 4 is 22.9 Å². The average molecular weight is 322 g/mol. The maximum Gasteiger partial charge on any atom is 0.244 e. The first-order chi connectivity index (χ1) is 11.6. The van der Waals surface area contributed by atoms with Gasteiger partial charge in [-0.15, -0.1) is 0 Å². The number of fused-ring (bicyclic) bond motifs is 1. The maximum absolute atomic E-state index is 11.8. The van der Waals surface area contributed by atoms with Gasteiger partial charge in [0.1, 0.15) is 0 Å². The fraction of sp³-hybridized carbons (Fsp3) is 0.105. The van der Waals surface area contributed by atoms with Crippen LogP contribution in [0.1, 0.15) is 11.1 Å². The van der Waals surface area contributed by atoms with Gasteiger partial charge in [0.05, 0.1) is 0 Å². The molecular formula is C19H18N2O3. The summed E-state index contributed by atoms with van der Waals surface area (Å²) in [6.45, 7) is 0.534. The Hall–Kier alpha value is -3.21. The van der Waals surface area contributed by atoms with E-state index < -0.39 is 0 Å². The molecule has 4 N–H and O–H groups in total.